The van der Waals surface area contributed by atoms with E-state index in [1.165, 1.54) is 0 Å². The number of ether oxygens (including phenoxy) is 1. The Kier molecular flexibility index (Phi) is 6.74. The fourth-order valence-corrected chi connectivity index (χ4v) is 2.68. The molecule has 1 aliphatic heterocycles. The van der Waals surface area contributed by atoms with Crippen LogP contribution in [0.25, 0.3) is 0 Å². The van der Waals surface area contributed by atoms with Gasteiger partial charge in [-0.15, -0.1) is 0 Å². The Morgan fingerprint density at radius 2 is 1.86 bits per heavy atom. The Balaban J connectivity index is 2.52. The molecular weight excluding hydrogens is 300 g/mol. The molecule has 0 N–H and O–H groups in total. The van der Waals surface area contributed by atoms with Crippen molar-refractivity contribution in [3.8, 4) is 0 Å². The van der Waals surface area contributed by atoms with Gasteiger partial charge in [0, 0.05) is 19.0 Å². The van der Waals surface area contributed by atoms with Crippen LogP contribution in [0.2, 0.25) is 0 Å². The van der Waals surface area contributed by atoms with E-state index in [2.05, 4.69) is 4.40 Å². The molecule has 1 saturated heterocycles. The summed E-state index contributed by atoms with van der Waals surface area (Å²) in [4.78, 5) is 13.9. The topological polar surface area (TPSA) is 65.0 Å². The lowest BCUT2D eigenvalue weighted by Crippen LogP contribution is -2.37. The van der Waals surface area contributed by atoms with E-state index in [1.54, 1.807) is 4.90 Å². The van der Waals surface area contributed by atoms with Crippen LogP contribution in [0.3, 0.4) is 0 Å². The predicted molar refractivity (Wildman–Crippen MR) is 91.5 cm³/mol. The zero-order chi connectivity index (χ0) is 17.0. The summed E-state index contributed by atoms with van der Waals surface area (Å²) in [5.41, 5.74) is -0.464. The number of amides is 1. The molecule has 0 radical (unpaired) electrons. The molecule has 22 heavy (non-hydrogen) atoms. The number of hydrogen-bond donors (Lipinski definition) is 0. The zero-order valence-electron chi connectivity index (χ0n) is 14.7. The first kappa shape index (κ1) is 19.3. The average molecular weight is 330 g/mol. The van der Waals surface area contributed by atoms with Crippen LogP contribution in [0.15, 0.2) is 4.40 Å². The van der Waals surface area contributed by atoms with E-state index in [4.69, 9.17) is 4.74 Å². The van der Waals surface area contributed by atoms with E-state index in [0.29, 0.717) is 13.1 Å². The van der Waals surface area contributed by atoms with E-state index in [0.717, 1.165) is 19.3 Å². The molecule has 0 aromatic rings. The first-order valence-electron chi connectivity index (χ1n) is 7.93. The SMILES string of the molecule is CC(C)(C)OC(=O)N1CCCC(C=N[S+]([O-])C(C)(C)C)CC1. The summed E-state index contributed by atoms with van der Waals surface area (Å²) < 4.78 is 21.2. The minimum atomic E-state index is -1.21. The Labute approximate surface area is 137 Å². The molecule has 0 aliphatic carbocycles. The van der Waals surface area contributed by atoms with Gasteiger partial charge >= 0.3 is 6.09 Å². The molecule has 1 fully saturated rings. The third-order valence-corrected chi connectivity index (χ3v) is 4.68. The lowest BCUT2D eigenvalue weighted by atomic mass is 10.0. The monoisotopic (exact) mass is 330 g/mol. The summed E-state index contributed by atoms with van der Waals surface area (Å²) in [6.07, 6.45) is 4.29. The highest BCUT2D eigenvalue weighted by Crippen LogP contribution is 2.21. The molecule has 6 heteroatoms. The van der Waals surface area contributed by atoms with Gasteiger partial charge in [-0.3, -0.25) is 0 Å². The lowest BCUT2D eigenvalue weighted by molar-refractivity contribution is 0.0256. The number of hydrogen-bond acceptors (Lipinski definition) is 4. The van der Waals surface area contributed by atoms with Gasteiger partial charge in [-0.25, -0.2) is 4.79 Å². The highest BCUT2D eigenvalue weighted by Gasteiger charge is 2.27. The summed E-state index contributed by atoms with van der Waals surface area (Å²) in [6.45, 7) is 12.7. The largest absolute Gasteiger partial charge is 0.591 e. The van der Waals surface area contributed by atoms with Gasteiger partial charge in [0.2, 0.25) is 0 Å². The van der Waals surface area contributed by atoms with E-state index >= 15 is 0 Å². The highest BCUT2D eigenvalue weighted by molar-refractivity contribution is 7.91. The summed E-state index contributed by atoms with van der Waals surface area (Å²) >= 11 is -1.21. The van der Waals surface area contributed by atoms with Crippen molar-refractivity contribution in [3.63, 3.8) is 0 Å². The summed E-state index contributed by atoms with van der Waals surface area (Å²) in [6, 6.07) is 0. The van der Waals surface area contributed by atoms with Gasteiger partial charge in [-0.05, 0) is 60.8 Å². The molecule has 2 atom stereocenters. The van der Waals surface area contributed by atoms with Crippen molar-refractivity contribution in [2.45, 2.75) is 71.2 Å². The summed E-state index contributed by atoms with van der Waals surface area (Å²) in [7, 11) is 0. The van der Waals surface area contributed by atoms with Crippen LogP contribution in [0.1, 0.15) is 60.8 Å². The van der Waals surface area contributed by atoms with Gasteiger partial charge in [0.25, 0.3) is 0 Å². The maximum Gasteiger partial charge on any atom is 0.410 e. The minimum absolute atomic E-state index is 0.247. The maximum atomic E-state index is 12.1. The van der Waals surface area contributed by atoms with Gasteiger partial charge in [0.1, 0.15) is 21.7 Å². The van der Waals surface area contributed by atoms with E-state index < -0.39 is 17.0 Å². The van der Waals surface area contributed by atoms with Crippen molar-refractivity contribution in [3.05, 3.63) is 0 Å². The standard InChI is InChI=1S/C16H30N2O3S/c1-15(2,3)21-14(19)18-10-7-8-13(9-11-18)12-17-22(20)16(4,5)6/h12-13H,7-11H2,1-6H3. The van der Waals surface area contributed by atoms with Crippen molar-refractivity contribution in [1.29, 1.82) is 0 Å². The molecule has 0 aromatic carbocycles. The van der Waals surface area contributed by atoms with Crippen molar-refractivity contribution in [2.24, 2.45) is 10.3 Å². The fraction of sp³-hybridized carbons (Fsp3) is 0.875. The molecule has 1 aliphatic rings. The molecular formula is C16H30N2O3S. The minimum Gasteiger partial charge on any atom is -0.591 e. The molecule has 1 rings (SSSR count). The van der Waals surface area contributed by atoms with Gasteiger partial charge in [0.05, 0.1) is 6.21 Å². The second-order valence-electron chi connectivity index (χ2n) is 7.77. The van der Waals surface area contributed by atoms with Crippen molar-refractivity contribution < 1.29 is 14.1 Å². The summed E-state index contributed by atoms with van der Waals surface area (Å²) in [5, 5.41) is 0. The average Bonchev–Trinajstić information content (AvgIpc) is 2.58. The quantitative estimate of drug-likeness (QED) is 0.574. The van der Waals surface area contributed by atoms with E-state index in [1.807, 2.05) is 47.8 Å². The first-order valence-corrected chi connectivity index (χ1v) is 9.04. The van der Waals surface area contributed by atoms with Crippen molar-refractivity contribution in [2.75, 3.05) is 13.1 Å². The number of nitrogens with zero attached hydrogens (tertiary/aromatic N) is 2. The van der Waals surface area contributed by atoms with Gasteiger partial charge < -0.3 is 14.2 Å². The number of carbonyl (C=O) groups excluding carboxylic acids is 1. The lowest BCUT2D eigenvalue weighted by Gasteiger charge is -2.26. The second kappa shape index (κ2) is 7.68. The third kappa shape index (κ3) is 7.01. The van der Waals surface area contributed by atoms with Crippen LogP contribution >= 0.6 is 0 Å². The zero-order valence-corrected chi connectivity index (χ0v) is 15.5. The molecule has 0 bridgehead atoms. The molecule has 1 heterocycles. The van der Waals surface area contributed by atoms with E-state index in [-0.39, 0.29) is 16.8 Å². The number of rotatable bonds is 2. The van der Waals surface area contributed by atoms with Crippen LogP contribution in [-0.4, -0.2) is 45.2 Å². The molecule has 1 amide bonds. The Morgan fingerprint density at radius 3 is 2.41 bits per heavy atom. The highest BCUT2D eigenvalue weighted by atomic mass is 32.2. The van der Waals surface area contributed by atoms with Gasteiger partial charge in [0.15, 0.2) is 0 Å². The smallest absolute Gasteiger partial charge is 0.410 e. The van der Waals surface area contributed by atoms with Crippen molar-refractivity contribution >= 4 is 23.7 Å². The van der Waals surface area contributed by atoms with Crippen LogP contribution in [0, 0.1) is 5.92 Å². The number of likely N-dealkylation sites (tertiary alicyclic amines) is 1. The molecule has 2 unspecified atom stereocenters. The van der Waals surface area contributed by atoms with E-state index in [9.17, 15) is 9.35 Å². The van der Waals surface area contributed by atoms with Gasteiger partial charge in [-0.2, -0.15) is 0 Å². The second-order valence-corrected chi connectivity index (χ2v) is 9.71. The fourth-order valence-electron chi connectivity index (χ4n) is 2.08. The molecule has 0 saturated carbocycles. The Bertz CT molecular complexity index is 399. The molecule has 128 valence electrons. The Hall–Kier alpha value is -0.750. The summed E-state index contributed by atoms with van der Waals surface area (Å²) in [5.74, 6) is 0.277. The third-order valence-electron chi connectivity index (χ3n) is 3.32. The molecule has 0 aromatic heterocycles. The maximum absolute atomic E-state index is 12.1. The predicted octanol–water partition coefficient (Wildman–Crippen LogP) is 3.56. The van der Waals surface area contributed by atoms with Gasteiger partial charge in [-0.1, -0.05) is 4.40 Å². The van der Waals surface area contributed by atoms with Crippen LogP contribution in [-0.2, 0) is 16.1 Å². The van der Waals surface area contributed by atoms with Crippen LogP contribution in [0.4, 0.5) is 4.79 Å². The normalized spacial score (nSPS) is 22.5. The molecule has 5 nitrogen and oxygen atoms in total. The first-order chi connectivity index (χ1) is 9.99. The van der Waals surface area contributed by atoms with Crippen molar-refractivity contribution in [1.82, 2.24) is 4.90 Å². The van der Waals surface area contributed by atoms with Crippen LogP contribution < -0.4 is 0 Å². The van der Waals surface area contributed by atoms with Crippen LogP contribution in [0.5, 0.6) is 0 Å². The molecule has 0 spiro atoms. The Morgan fingerprint density at radius 1 is 1.23 bits per heavy atom. The number of carbonyl (C=O) groups is 1.